The summed E-state index contributed by atoms with van der Waals surface area (Å²) in [5.41, 5.74) is 3.12. The molecule has 0 aliphatic heterocycles. The first-order chi connectivity index (χ1) is 9.04. The molecule has 0 saturated carbocycles. The highest BCUT2D eigenvalue weighted by molar-refractivity contribution is 6.04. The van der Waals surface area contributed by atoms with Crippen molar-refractivity contribution in [1.29, 1.82) is 0 Å². The van der Waals surface area contributed by atoms with Crippen molar-refractivity contribution in [3.8, 4) is 5.75 Å². The molecule has 0 bridgehead atoms. The van der Waals surface area contributed by atoms with Gasteiger partial charge in [-0.3, -0.25) is 0 Å². The third-order valence-corrected chi connectivity index (χ3v) is 2.54. The summed E-state index contributed by atoms with van der Waals surface area (Å²) < 4.78 is 5.06. The van der Waals surface area contributed by atoms with E-state index < -0.39 is 23.1 Å². The van der Waals surface area contributed by atoms with Gasteiger partial charge in [-0.25, -0.2) is 9.59 Å². The van der Waals surface area contributed by atoms with Crippen LogP contribution in [0.25, 0.3) is 0 Å². The van der Waals surface area contributed by atoms with Gasteiger partial charge in [-0.15, -0.1) is 0 Å². The minimum atomic E-state index is -2.19. The summed E-state index contributed by atoms with van der Waals surface area (Å²) in [6.07, 6.45) is -0.272. The van der Waals surface area contributed by atoms with E-state index in [1.54, 1.807) is 32.9 Å². The fourth-order valence-corrected chi connectivity index (χ4v) is 1.59. The number of aromatic hydroxyl groups is 1. The molecular formula is C14H19NO5. The Kier molecular flexibility index (Phi) is 4.39. The summed E-state index contributed by atoms with van der Waals surface area (Å²) in [6.45, 7) is 4.88. The molecule has 0 radical (unpaired) electrons. The number of phenols is 1. The summed E-state index contributed by atoms with van der Waals surface area (Å²) in [5, 5.41) is 18.6. The first-order valence-corrected chi connectivity index (χ1v) is 6.08. The molecule has 1 unspecified atom stereocenters. The number of esters is 1. The number of rotatable bonds is 4. The number of nitrogens with two attached hydrogens (primary N) is 1. The highest BCUT2D eigenvalue weighted by Gasteiger charge is 2.45. The average molecular weight is 281 g/mol. The second kappa shape index (κ2) is 5.50. The smallest absolute Gasteiger partial charge is 0.338 e. The molecule has 0 fully saturated rings. The molecule has 6 nitrogen and oxygen atoms in total. The van der Waals surface area contributed by atoms with Crippen molar-refractivity contribution >= 4 is 11.9 Å². The Labute approximate surface area is 117 Å². The van der Waals surface area contributed by atoms with Gasteiger partial charge in [0, 0.05) is 6.42 Å². The maximum Gasteiger partial charge on any atom is 0.338 e. The molecule has 0 aliphatic rings. The van der Waals surface area contributed by atoms with Gasteiger partial charge in [0.25, 0.3) is 0 Å². The van der Waals surface area contributed by atoms with E-state index in [0.717, 1.165) is 0 Å². The summed E-state index contributed by atoms with van der Waals surface area (Å²) in [4.78, 5) is 23.4. The molecule has 110 valence electrons. The van der Waals surface area contributed by atoms with Crippen molar-refractivity contribution in [3.63, 3.8) is 0 Å². The zero-order valence-electron chi connectivity index (χ0n) is 11.7. The molecule has 6 heteroatoms. The lowest BCUT2D eigenvalue weighted by molar-refractivity contribution is -0.169. The van der Waals surface area contributed by atoms with Gasteiger partial charge in [0.2, 0.25) is 5.54 Å². The van der Waals surface area contributed by atoms with Crippen LogP contribution < -0.4 is 5.73 Å². The van der Waals surface area contributed by atoms with Gasteiger partial charge in [0.05, 0.1) is 0 Å². The van der Waals surface area contributed by atoms with Crippen LogP contribution in [0.1, 0.15) is 26.3 Å². The monoisotopic (exact) mass is 281 g/mol. The lowest BCUT2D eigenvalue weighted by Crippen LogP contribution is -2.58. The molecule has 0 aromatic heterocycles. The van der Waals surface area contributed by atoms with E-state index in [1.807, 2.05) is 0 Å². The Morgan fingerprint density at radius 1 is 1.30 bits per heavy atom. The van der Waals surface area contributed by atoms with Crippen molar-refractivity contribution < 1.29 is 24.5 Å². The molecule has 1 rings (SSSR count). The van der Waals surface area contributed by atoms with Crippen LogP contribution in [0.4, 0.5) is 0 Å². The summed E-state index contributed by atoms with van der Waals surface area (Å²) in [7, 11) is 0. The number of aliphatic carboxylic acids is 1. The molecule has 0 amide bonds. The highest BCUT2D eigenvalue weighted by Crippen LogP contribution is 2.20. The molecule has 1 aromatic carbocycles. The Bertz CT molecular complexity index is 521. The van der Waals surface area contributed by atoms with Crippen LogP contribution in [0.5, 0.6) is 5.75 Å². The fraction of sp³-hybridized carbons (Fsp3) is 0.429. The van der Waals surface area contributed by atoms with Crippen LogP contribution in [-0.4, -0.2) is 33.3 Å². The number of carbonyl (C=O) groups excluding carboxylic acids is 1. The number of hydrogen-bond acceptors (Lipinski definition) is 5. The van der Waals surface area contributed by atoms with Gasteiger partial charge < -0.3 is 20.7 Å². The molecule has 0 saturated heterocycles. The quantitative estimate of drug-likeness (QED) is 0.562. The van der Waals surface area contributed by atoms with E-state index in [9.17, 15) is 19.8 Å². The van der Waals surface area contributed by atoms with Crippen LogP contribution >= 0.6 is 0 Å². The molecule has 20 heavy (non-hydrogen) atoms. The number of carboxylic acids is 1. The first-order valence-electron chi connectivity index (χ1n) is 6.08. The minimum Gasteiger partial charge on any atom is -0.508 e. The van der Waals surface area contributed by atoms with E-state index >= 15 is 0 Å². The zero-order valence-corrected chi connectivity index (χ0v) is 11.7. The third-order valence-electron chi connectivity index (χ3n) is 2.54. The summed E-state index contributed by atoms with van der Waals surface area (Å²) >= 11 is 0. The normalized spacial score (nSPS) is 14.4. The predicted molar refractivity (Wildman–Crippen MR) is 72.2 cm³/mol. The molecule has 4 N–H and O–H groups in total. The maximum atomic E-state index is 12.0. The third kappa shape index (κ3) is 3.96. The van der Waals surface area contributed by atoms with Crippen LogP contribution in [0, 0.1) is 0 Å². The Morgan fingerprint density at radius 2 is 1.90 bits per heavy atom. The second-order valence-corrected chi connectivity index (χ2v) is 5.63. The lowest BCUT2D eigenvalue weighted by Gasteiger charge is -2.28. The Balaban J connectivity index is 3.04. The van der Waals surface area contributed by atoms with Crippen molar-refractivity contribution in [1.82, 2.24) is 0 Å². The Hall–Kier alpha value is -2.08. The molecule has 0 aliphatic carbocycles. The Morgan fingerprint density at radius 3 is 2.35 bits per heavy atom. The van der Waals surface area contributed by atoms with Gasteiger partial charge in [0.15, 0.2) is 0 Å². The second-order valence-electron chi connectivity index (χ2n) is 5.63. The summed E-state index contributed by atoms with van der Waals surface area (Å²) in [5.74, 6) is -2.52. The molecular weight excluding hydrogens is 262 g/mol. The number of carboxylic acid groups (broad SMARTS) is 1. The SMILES string of the molecule is CC(C)(C)OC(=O)C(N)(Cc1cccc(O)c1)C(=O)O. The fourth-order valence-electron chi connectivity index (χ4n) is 1.59. The lowest BCUT2D eigenvalue weighted by atomic mass is 9.91. The van der Waals surface area contributed by atoms with E-state index in [4.69, 9.17) is 10.5 Å². The number of benzene rings is 1. The van der Waals surface area contributed by atoms with Crippen molar-refractivity contribution in [2.75, 3.05) is 0 Å². The number of ether oxygens (including phenoxy) is 1. The highest BCUT2D eigenvalue weighted by atomic mass is 16.6. The number of phenolic OH excluding ortho intramolecular Hbond substituents is 1. The van der Waals surface area contributed by atoms with Gasteiger partial charge in [-0.2, -0.15) is 0 Å². The predicted octanol–water partition coefficient (Wildman–Crippen LogP) is 1.06. The number of hydrogen-bond donors (Lipinski definition) is 3. The van der Waals surface area contributed by atoms with Crippen LogP contribution in [0.2, 0.25) is 0 Å². The molecule has 0 heterocycles. The van der Waals surface area contributed by atoms with Crippen LogP contribution in [0.15, 0.2) is 24.3 Å². The van der Waals surface area contributed by atoms with Crippen molar-refractivity contribution in [3.05, 3.63) is 29.8 Å². The van der Waals surface area contributed by atoms with E-state index in [2.05, 4.69) is 0 Å². The minimum absolute atomic E-state index is 0.0283. The summed E-state index contributed by atoms with van der Waals surface area (Å²) in [6, 6.07) is 5.92. The average Bonchev–Trinajstić information content (AvgIpc) is 2.26. The number of carbonyl (C=O) groups is 2. The van der Waals surface area contributed by atoms with Gasteiger partial charge in [-0.05, 0) is 38.5 Å². The van der Waals surface area contributed by atoms with Crippen molar-refractivity contribution in [2.45, 2.75) is 38.3 Å². The zero-order chi connectivity index (χ0) is 15.6. The standard InChI is InChI=1S/C14H19NO5/c1-13(2,3)20-12(19)14(15,11(17)18)8-9-5-4-6-10(16)7-9/h4-7,16H,8,15H2,1-3H3,(H,17,18). The van der Waals surface area contributed by atoms with Crippen LogP contribution in [0.3, 0.4) is 0 Å². The van der Waals surface area contributed by atoms with E-state index in [1.165, 1.54) is 12.1 Å². The molecule has 1 atom stereocenters. The van der Waals surface area contributed by atoms with Crippen molar-refractivity contribution in [2.24, 2.45) is 5.73 Å². The van der Waals surface area contributed by atoms with E-state index in [0.29, 0.717) is 5.56 Å². The largest absolute Gasteiger partial charge is 0.508 e. The topological polar surface area (TPSA) is 110 Å². The van der Waals surface area contributed by atoms with Crippen LogP contribution in [-0.2, 0) is 20.7 Å². The van der Waals surface area contributed by atoms with E-state index in [-0.39, 0.29) is 12.2 Å². The van der Waals surface area contributed by atoms with Gasteiger partial charge in [-0.1, -0.05) is 12.1 Å². The molecule has 1 aromatic rings. The first kappa shape index (κ1) is 16.0. The van der Waals surface area contributed by atoms with Gasteiger partial charge in [0.1, 0.15) is 11.4 Å². The van der Waals surface area contributed by atoms with Gasteiger partial charge >= 0.3 is 11.9 Å². The maximum absolute atomic E-state index is 12.0. The molecule has 0 spiro atoms.